The monoisotopic (exact) mass is 239 g/mol. The third-order valence-corrected chi connectivity index (χ3v) is 3.68. The summed E-state index contributed by atoms with van der Waals surface area (Å²) >= 11 is 11.9. The van der Waals surface area contributed by atoms with Crippen LogP contribution >= 0.6 is 23.2 Å². The minimum atomic E-state index is -0.169. The highest BCUT2D eigenvalue weighted by atomic mass is 35.5. The number of rotatable bonds is 2. The molecule has 0 aromatic heterocycles. The van der Waals surface area contributed by atoms with Crippen LogP contribution in [0.15, 0.2) is 18.2 Å². The van der Waals surface area contributed by atoms with E-state index in [1.807, 2.05) is 12.1 Å². The summed E-state index contributed by atoms with van der Waals surface area (Å²) in [6.45, 7) is 0. The van der Waals surface area contributed by atoms with Gasteiger partial charge in [0.2, 0.25) is 0 Å². The van der Waals surface area contributed by atoms with Crippen LogP contribution < -0.4 is 0 Å². The molecule has 0 amide bonds. The molecule has 15 heavy (non-hydrogen) atoms. The number of hydrogen-bond donors (Lipinski definition) is 0. The average Bonchev–Trinajstić information content (AvgIpc) is 2.14. The quantitative estimate of drug-likeness (QED) is 0.758. The van der Waals surface area contributed by atoms with Crippen molar-refractivity contribution in [1.29, 1.82) is 5.26 Å². The van der Waals surface area contributed by atoms with Gasteiger partial charge in [0.25, 0.3) is 0 Å². The molecule has 1 saturated carbocycles. The Balaban J connectivity index is 2.21. The van der Waals surface area contributed by atoms with E-state index in [2.05, 4.69) is 6.07 Å². The van der Waals surface area contributed by atoms with E-state index in [1.165, 1.54) is 0 Å². The second-order valence-electron chi connectivity index (χ2n) is 4.16. The molecular formula is C12H11Cl2N. The van der Waals surface area contributed by atoms with E-state index in [1.54, 1.807) is 6.07 Å². The number of nitriles is 1. The van der Waals surface area contributed by atoms with Gasteiger partial charge in [-0.2, -0.15) is 5.26 Å². The van der Waals surface area contributed by atoms with Gasteiger partial charge in [-0.05, 0) is 37.0 Å². The van der Waals surface area contributed by atoms with Gasteiger partial charge in [0.1, 0.15) is 0 Å². The first kappa shape index (κ1) is 10.8. The van der Waals surface area contributed by atoms with Crippen molar-refractivity contribution in [3.8, 4) is 6.07 Å². The predicted octanol–water partition coefficient (Wildman–Crippen LogP) is 4.23. The van der Waals surface area contributed by atoms with Crippen LogP contribution in [0.5, 0.6) is 0 Å². The van der Waals surface area contributed by atoms with Gasteiger partial charge in [-0.1, -0.05) is 35.7 Å². The summed E-state index contributed by atoms with van der Waals surface area (Å²) in [4.78, 5) is 0. The third kappa shape index (κ3) is 2.12. The van der Waals surface area contributed by atoms with Crippen LogP contribution in [0.4, 0.5) is 0 Å². The molecule has 1 aromatic rings. The van der Waals surface area contributed by atoms with E-state index in [0.717, 1.165) is 31.2 Å². The van der Waals surface area contributed by atoms with Crippen molar-refractivity contribution in [2.45, 2.75) is 25.7 Å². The molecule has 0 saturated heterocycles. The Morgan fingerprint density at radius 3 is 2.53 bits per heavy atom. The Morgan fingerprint density at radius 1 is 1.33 bits per heavy atom. The largest absolute Gasteiger partial charge is 0.198 e. The van der Waals surface area contributed by atoms with Crippen molar-refractivity contribution in [3.05, 3.63) is 33.8 Å². The second kappa shape index (κ2) is 4.04. The Morgan fingerprint density at radius 2 is 2.07 bits per heavy atom. The normalized spacial score (nSPS) is 17.9. The maximum atomic E-state index is 9.12. The predicted molar refractivity (Wildman–Crippen MR) is 62.1 cm³/mol. The fourth-order valence-corrected chi connectivity index (χ4v) is 2.44. The molecule has 1 aliphatic rings. The first-order valence-electron chi connectivity index (χ1n) is 5.00. The van der Waals surface area contributed by atoms with Crippen LogP contribution in [0.2, 0.25) is 10.0 Å². The van der Waals surface area contributed by atoms with E-state index in [0.29, 0.717) is 10.0 Å². The molecule has 78 valence electrons. The molecular weight excluding hydrogens is 229 g/mol. The van der Waals surface area contributed by atoms with E-state index in [4.69, 9.17) is 28.5 Å². The molecule has 0 heterocycles. The van der Waals surface area contributed by atoms with Crippen molar-refractivity contribution in [1.82, 2.24) is 0 Å². The first-order valence-corrected chi connectivity index (χ1v) is 5.76. The summed E-state index contributed by atoms with van der Waals surface area (Å²) < 4.78 is 0. The van der Waals surface area contributed by atoms with Crippen LogP contribution in [0.3, 0.4) is 0 Å². The third-order valence-electron chi connectivity index (χ3n) is 3.09. The molecule has 1 aliphatic carbocycles. The average molecular weight is 240 g/mol. The van der Waals surface area contributed by atoms with E-state index in [-0.39, 0.29) is 5.41 Å². The highest BCUT2D eigenvalue weighted by molar-refractivity contribution is 6.35. The molecule has 1 fully saturated rings. The van der Waals surface area contributed by atoms with Crippen molar-refractivity contribution in [2.24, 2.45) is 5.41 Å². The lowest BCUT2D eigenvalue weighted by atomic mass is 9.66. The van der Waals surface area contributed by atoms with Gasteiger partial charge in [-0.3, -0.25) is 0 Å². The van der Waals surface area contributed by atoms with Crippen LogP contribution in [0, 0.1) is 16.7 Å². The zero-order valence-corrected chi connectivity index (χ0v) is 9.78. The van der Waals surface area contributed by atoms with Gasteiger partial charge in [0.05, 0.1) is 11.5 Å². The van der Waals surface area contributed by atoms with Gasteiger partial charge < -0.3 is 0 Å². The smallest absolute Gasteiger partial charge is 0.0693 e. The van der Waals surface area contributed by atoms with Gasteiger partial charge in [-0.15, -0.1) is 0 Å². The van der Waals surface area contributed by atoms with Gasteiger partial charge in [0, 0.05) is 10.0 Å². The second-order valence-corrected chi connectivity index (χ2v) is 5.00. The van der Waals surface area contributed by atoms with E-state index >= 15 is 0 Å². The van der Waals surface area contributed by atoms with E-state index < -0.39 is 0 Å². The fraction of sp³-hybridized carbons (Fsp3) is 0.417. The first-order chi connectivity index (χ1) is 7.15. The van der Waals surface area contributed by atoms with Gasteiger partial charge >= 0.3 is 0 Å². The lowest BCUT2D eigenvalue weighted by Gasteiger charge is -2.35. The Labute approximate surface area is 99.6 Å². The maximum Gasteiger partial charge on any atom is 0.0693 e. The number of benzene rings is 1. The number of hydrogen-bond acceptors (Lipinski definition) is 1. The zero-order valence-electron chi connectivity index (χ0n) is 8.26. The standard InChI is InChI=1S/C12H11Cl2N/c13-10-3-2-9(11(14)6-10)7-12(8-15)4-1-5-12/h2-3,6H,1,4-5,7H2. The van der Waals surface area contributed by atoms with Crippen molar-refractivity contribution < 1.29 is 0 Å². The van der Waals surface area contributed by atoms with Crippen LogP contribution in [-0.4, -0.2) is 0 Å². The molecule has 0 aliphatic heterocycles. The summed E-state index contributed by atoms with van der Waals surface area (Å²) in [5.74, 6) is 0. The molecule has 0 atom stereocenters. The van der Waals surface area contributed by atoms with Crippen molar-refractivity contribution in [2.75, 3.05) is 0 Å². The molecule has 0 radical (unpaired) electrons. The maximum absolute atomic E-state index is 9.12. The van der Waals surface area contributed by atoms with Crippen molar-refractivity contribution >= 4 is 23.2 Å². The topological polar surface area (TPSA) is 23.8 Å². The van der Waals surface area contributed by atoms with Gasteiger partial charge in [-0.25, -0.2) is 0 Å². The Bertz CT molecular complexity index is 416. The molecule has 2 rings (SSSR count). The van der Waals surface area contributed by atoms with Crippen LogP contribution in [0.25, 0.3) is 0 Å². The highest BCUT2D eigenvalue weighted by Gasteiger charge is 2.37. The summed E-state index contributed by atoms with van der Waals surface area (Å²) in [5.41, 5.74) is 0.861. The lowest BCUT2D eigenvalue weighted by Crippen LogP contribution is -2.29. The lowest BCUT2D eigenvalue weighted by molar-refractivity contribution is 0.214. The fourth-order valence-electron chi connectivity index (χ4n) is 1.96. The van der Waals surface area contributed by atoms with Gasteiger partial charge in [0.15, 0.2) is 0 Å². The minimum absolute atomic E-state index is 0.169. The van der Waals surface area contributed by atoms with Crippen molar-refractivity contribution in [3.63, 3.8) is 0 Å². The number of nitrogens with zero attached hydrogens (tertiary/aromatic N) is 1. The number of halogens is 2. The molecule has 3 heteroatoms. The summed E-state index contributed by atoms with van der Waals surface area (Å²) in [6.07, 6.45) is 3.88. The molecule has 1 aromatic carbocycles. The Hall–Kier alpha value is -0.710. The molecule has 0 N–H and O–H groups in total. The summed E-state index contributed by atoms with van der Waals surface area (Å²) in [5, 5.41) is 10.4. The summed E-state index contributed by atoms with van der Waals surface area (Å²) in [7, 11) is 0. The van der Waals surface area contributed by atoms with Crippen LogP contribution in [0.1, 0.15) is 24.8 Å². The molecule has 0 bridgehead atoms. The minimum Gasteiger partial charge on any atom is -0.198 e. The van der Waals surface area contributed by atoms with Crippen LogP contribution in [-0.2, 0) is 6.42 Å². The molecule has 1 nitrogen and oxygen atoms in total. The zero-order chi connectivity index (χ0) is 10.9. The molecule has 0 unspecified atom stereocenters. The SMILES string of the molecule is N#CC1(Cc2ccc(Cl)cc2Cl)CCC1. The van der Waals surface area contributed by atoms with E-state index in [9.17, 15) is 0 Å². The molecule has 0 spiro atoms. The summed E-state index contributed by atoms with van der Waals surface area (Å²) in [6, 6.07) is 7.90. The highest BCUT2D eigenvalue weighted by Crippen LogP contribution is 2.44. The Kier molecular flexibility index (Phi) is 2.91.